The fourth-order valence-corrected chi connectivity index (χ4v) is 4.10. The topological polar surface area (TPSA) is 70.4 Å². The van der Waals surface area contributed by atoms with Crippen LogP contribution in [0.1, 0.15) is 35.4 Å². The molecule has 6 nitrogen and oxygen atoms in total. The molecule has 6 heteroatoms. The molecule has 1 fully saturated rings. The molecule has 0 radical (unpaired) electrons. The van der Waals surface area contributed by atoms with Crippen LogP contribution < -0.4 is 5.32 Å². The van der Waals surface area contributed by atoms with Crippen LogP contribution in [-0.4, -0.2) is 45.3 Å². The van der Waals surface area contributed by atoms with Crippen molar-refractivity contribution in [3.05, 3.63) is 77.5 Å². The van der Waals surface area contributed by atoms with Crippen molar-refractivity contribution in [2.75, 3.05) is 25.0 Å². The Bertz CT molecular complexity index is 988. The van der Waals surface area contributed by atoms with Crippen molar-refractivity contribution in [3.8, 4) is 5.75 Å². The number of carbonyl (C=O) groups excluding carboxylic acids is 1. The van der Waals surface area contributed by atoms with E-state index in [4.69, 9.17) is 0 Å². The number of carbonyl (C=O) groups is 1. The molecule has 3 aromatic rings. The molecule has 156 valence electrons. The fourth-order valence-electron chi connectivity index (χ4n) is 4.10. The fraction of sp³-hybridized carbons (Fsp3) is 0.333. The zero-order valence-corrected chi connectivity index (χ0v) is 17.3. The zero-order chi connectivity index (χ0) is 20.9. The van der Waals surface area contributed by atoms with Gasteiger partial charge in [-0.1, -0.05) is 42.0 Å². The average molecular weight is 405 g/mol. The number of anilines is 1. The normalized spacial score (nSPS) is 15.2. The molecule has 1 aliphatic rings. The molecular formula is C24H28N4O2. The van der Waals surface area contributed by atoms with Gasteiger partial charge in [-0.3, -0.25) is 9.69 Å². The SMILES string of the molecule is Cc1cccc(Cn2nccc2NC(=O)CN2CCC(c3ccc(O)cc3)CC2)c1. The number of phenolic OH excluding ortho intramolecular Hbond substituents is 1. The van der Waals surface area contributed by atoms with Gasteiger partial charge in [0.15, 0.2) is 0 Å². The van der Waals surface area contributed by atoms with Crippen LogP contribution in [0.2, 0.25) is 0 Å². The monoisotopic (exact) mass is 404 g/mol. The van der Waals surface area contributed by atoms with Crippen molar-refractivity contribution >= 4 is 11.7 Å². The van der Waals surface area contributed by atoms with Crippen molar-refractivity contribution in [1.82, 2.24) is 14.7 Å². The summed E-state index contributed by atoms with van der Waals surface area (Å²) in [4.78, 5) is 14.8. The highest BCUT2D eigenvalue weighted by molar-refractivity contribution is 5.91. The Morgan fingerprint density at radius 1 is 1.13 bits per heavy atom. The second-order valence-corrected chi connectivity index (χ2v) is 8.05. The van der Waals surface area contributed by atoms with Gasteiger partial charge in [0.05, 0.1) is 19.3 Å². The van der Waals surface area contributed by atoms with E-state index in [0.29, 0.717) is 24.8 Å². The number of likely N-dealkylation sites (tertiary alicyclic amines) is 1. The largest absolute Gasteiger partial charge is 0.508 e. The maximum Gasteiger partial charge on any atom is 0.239 e. The lowest BCUT2D eigenvalue weighted by Crippen LogP contribution is -2.39. The first-order valence-corrected chi connectivity index (χ1v) is 10.5. The molecule has 1 saturated heterocycles. The molecule has 0 spiro atoms. The Balaban J connectivity index is 1.29. The van der Waals surface area contributed by atoms with Crippen molar-refractivity contribution < 1.29 is 9.90 Å². The molecule has 1 aliphatic heterocycles. The standard InChI is InChI=1S/C24H28N4O2/c1-18-3-2-4-19(15-18)16-28-23(9-12-25-28)26-24(30)17-27-13-10-21(11-14-27)20-5-7-22(29)8-6-20/h2-9,12,15,21,29H,10-11,13-14,16-17H2,1H3,(H,26,30). The van der Waals surface area contributed by atoms with Crippen LogP contribution in [0.5, 0.6) is 5.75 Å². The van der Waals surface area contributed by atoms with Gasteiger partial charge in [-0.05, 0) is 62.0 Å². The maximum atomic E-state index is 12.6. The average Bonchev–Trinajstić information content (AvgIpc) is 3.15. The molecule has 2 N–H and O–H groups in total. The molecule has 0 unspecified atom stereocenters. The summed E-state index contributed by atoms with van der Waals surface area (Å²) in [7, 11) is 0. The zero-order valence-electron chi connectivity index (χ0n) is 17.3. The molecular weight excluding hydrogens is 376 g/mol. The molecule has 2 heterocycles. The lowest BCUT2D eigenvalue weighted by atomic mass is 9.89. The van der Waals surface area contributed by atoms with E-state index < -0.39 is 0 Å². The predicted molar refractivity (Wildman–Crippen MR) is 118 cm³/mol. The maximum absolute atomic E-state index is 12.6. The van der Waals surface area contributed by atoms with E-state index in [-0.39, 0.29) is 5.91 Å². The van der Waals surface area contributed by atoms with Gasteiger partial charge in [0.1, 0.15) is 11.6 Å². The summed E-state index contributed by atoms with van der Waals surface area (Å²) >= 11 is 0. The van der Waals surface area contributed by atoms with E-state index in [0.717, 1.165) is 37.3 Å². The van der Waals surface area contributed by atoms with Gasteiger partial charge < -0.3 is 10.4 Å². The number of nitrogens with zero attached hydrogens (tertiary/aromatic N) is 3. The lowest BCUT2D eigenvalue weighted by Gasteiger charge is -2.31. The third-order valence-corrected chi connectivity index (χ3v) is 5.72. The summed E-state index contributed by atoms with van der Waals surface area (Å²) in [6.45, 7) is 4.86. The van der Waals surface area contributed by atoms with Crippen molar-refractivity contribution in [2.24, 2.45) is 0 Å². The third-order valence-electron chi connectivity index (χ3n) is 5.72. The van der Waals surface area contributed by atoms with Crippen LogP contribution in [-0.2, 0) is 11.3 Å². The molecule has 1 amide bonds. The summed E-state index contributed by atoms with van der Waals surface area (Å²) in [5, 5.41) is 16.8. The molecule has 0 saturated carbocycles. The highest BCUT2D eigenvalue weighted by Gasteiger charge is 2.22. The number of aromatic nitrogens is 2. The molecule has 0 aliphatic carbocycles. The van der Waals surface area contributed by atoms with Crippen molar-refractivity contribution in [3.63, 3.8) is 0 Å². The number of rotatable bonds is 6. The number of benzene rings is 2. The number of aromatic hydroxyl groups is 1. The van der Waals surface area contributed by atoms with E-state index in [1.165, 1.54) is 11.1 Å². The van der Waals surface area contributed by atoms with Crippen molar-refractivity contribution in [2.45, 2.75) is 32.2 Å². The van der Waals surface area contributed by atoms with E-state index in [1.54, 1.807) is 18.3 Å². The van der Waals surface area contributed by atoms with Gasteiger partial charge in [-0.25, -0.2) is 4.68 Å². The minimum absolute atomic E-state index is 0.0101. The Kier molecular flexibility index (Phi) is 6.14. The van der Waals surface area contributed by atoms with Gasteiger partial charge in [-0.15, -0.1) is 0 Å². The Morgan fingerprint density at radius 3 is 2.63 bits per heavy atom. The smallest absolute Gasteiger partial charge is 0.239 e. The quantitative estimate of drug-likeness (QED) is 0.656. The van der Waals surface area contributed by atoms with Crippen LogP contribution in [0.3, 0.4) is 0 Å². The minimum Gasteiger partial charge on any atom is -0.508 e. The first-order valence-electron chi connectivity index (χ1n) is 10.5. The van der Waals surface area contributed by atoms with Crippen LogP contribution in [0.4, 0.5) is 5.82 Å². The van der Waals surface area contributed by atoms with Gasteiger partial charge in [0.25, 0.3) is 0 Å². The van der Waals surface area contributed by atoms with Gasteiger partial charge in [0, 0.05) is 6.07 Å². The minimum atomic E-state index is -0.0101. The number of nitrogens with one attached hydrogen (secondary N) is 1. The number of amides is 1. The van der Waals surface area contributed by atoms with Crippen LogP contribution >= 0.6 is 0 Å². The van der Waals surface area contributed by atoms with Crippen LogP contribution in [0, 0.1) is 6.92 Å². The summed E-state index contributed by atoms with van der Waals surface area (Å²) in [5.41, 5.74) is 3.63. The lowest BCUT2D eigenvalue weighted by molar-refractivity contribution is -0.117. The Labute approximate surface area is 177 Å². The highest BCUT2D eigenvalue weighted by Crippen LogP contribution is 2.28. The number of hydrogen-bond donors (Lipinski definition) is 2. The summed E-state index contributed by atoms with van der Waals surface area (Å²) in [5.74, 6) is 1.50. The molecule has 30 heavy (non-hydrogen) atoms. The first kappa shape index (κ1) is 20.2. The number of piperidine rings is 1. The van der Waals surface area contributed by atoms with E-state index in [2.05, 4.69) is 40.4 Å². The summed E-state index contributed by atoms with van der Waals surface area (Å²) < 4.78 is 1.82. The van der Waals surface area contributed by atoms with E-state index >= 15 is 0 Å². The van der Waals surface area contributed by atoms with Gasteiger partial charge in [-0.2, -0.15) is 5.10 Å². The number of hydrogen-bond acceptors (Lipinski definition) is 4. The predicted octanol–water partition coefficient (Wildman–Crippen LogP) is 3.76. The van der Waals surface area contributed by atoms with Crippen LogP contribution in [0.15, 0.2) is 60.8 Å². The highest BCUT2D eigenvalue weighted by atomic mass is 16.3. The second kappa shape index (κ2) is 9.13. The van der Waals surface area contributed by atoms with E-state index in [1.807, 2.05) is 28.9 Å². The molecule has 4 rings (SSSR count). The molecule has 0 atom stereocenters. The van der Waals surface area contributed by atoms with Crippen LogP contribution in [0.25, 0.3) is 0 Å². The molecule has 0 bridgehead atoms. The second-order valence-electron chi connectivity index (χ2n) is 8.05. The number of aryl methyl sites for hydroxylation is 1. The molecule has 2 aromatic carbocycles. The van der Waals surface area contributed by atoms with E-state index in [9.17, 15) is 9.90 Å². The van der Waals surface area contributed by atoms with Crippen molar-refractivity contribution in [1.29, 1.82) is 0 Å². The number of phenols is 1. The van der Waals surface area contributed by atoms with Gasteiger partial charge >= 0.3 is 0 Å². The summed E-state index contributed by atoms with van der Waals surface area (Å²) in [6.07, 6.45) is 3.75. The Morgan fingerprint density at radius 2 is 1.90 bits per heavy atom. The summed E-state index contributed by atoms with van der Waals surface area (Å²) in [6, 6.07) is 17.6. The van der Waals surface area contributed by atoms with Gasteiger partial charge in [0.2, 0.25) is 5.91 Å². The first-order chi connectivity index (χ1) is 14.6. The molecule has 1 aromatic heterocycles. The Hall–Kier alpha value is -3.12. The third kappa shape index (κ3) is 5.07.